The van der Waals surface area contributed by atoms with E-state index < -0.39 is 17.7 Å². The fraction of sp³-hybridized carbons (Fsp3) is 0.0870. The fourth-order valence-electron chi connectivity index (χ4n) is 2.85. The van der Waals surface area contributed by atoms with E-state index >= 15 is 0 Å². The average molecular weight is 347 g/mol. The number of hydrogen-bond donors (Lipinski definition) is 0. The Labute approximate surface area is 152 Å². The molecule has 0 amide bonds. The molecule has 3 aromatic rings. The summed E-state index contributed by atoms with van der Waals surface area (Å²) < 4.78 is 27.4. The third-order valence-electron chi connectivity index (χ3n) is 4.04. The first-order valence-corrected chi connectivity index (χ1v) is 8.43. The van der Waals surface area contributed by atoms with Crippen molar-refractivity contribution in [3.8, 4) is 0 Å². The Morgan fingerprint density at radius 3 is 1.81 bits per heavy atom. The van der Waals surface area contributed by atoms with Crippen LogP contribution in [0.15, 0.2) is 96.5 Å². The lowest BCUT2D eigenvalue weighted by atomic mass is 9.99. The van der Waals surface area contributed by atoms with Crippen LogP contribution in [0.1, 0.15) is 29.2 Å². The summed E-state index contributed by atoms with van der Waals surface area (Å²) in [5.41, 5.74) is 3.17. The van der Waals surface area contributed by atoms with Crippen molar-refractivity contribution >= 4 is 5.71 Å². The minimum Gasteiger partial charge on any atom is -0.276 e. The van der Waals surface area contributed by atoms with E-state index in [0.29, 0.717) is 12.0 Å². The minimum atomic E-state index is -0.606. The topological polar surface area (TPSA) is 12.4 Å². The molecule has 130 valence electrons. The van der Waals surface area contributed by atoms with Crippen molar-refractivity contribution in [1.82, 2.24) is 0 Å². The number of benzene rings is 3. The van der Waals surface area contributed by atoms with Crippen molar-refractivity contribution in [2.24, 2.45) is 4.99 Å². The van der Waals surface area contributed by atoms with Gasteiger partial charge in [0.05, 0.1) is 11.8 Å². The number of nitrogens with zero attached hydrogens (tertiary/aromatic N) is 1. The summed E-state index contributed by atoms with van der Waals surface area (Å²) in [5, 5.41) is 0. The second-order valence-electron chi connectivity index (χ2n) is 5.95. The fourth-order valence-corrected chi connectivity index (χ4v) is 2.85. The molecule has 0 aromatic heterocycles. The van der Waals surface area contributed by atoms with Gasteiger partial charge in [0.2, 0.25) is 0 Å². The quantitative estimate of drug-likeness (QED) is 0.376. The predicted octanol–water partition coefficient (Wildman–Crippen LogP) is 6.12. The molecule has 0 unspecified atom stereocenters. The lowest BCUT2D eigenvalue weighted by molar-refractivity contribution is 0.574. The smallest absolute Gasteiger partial charge is 0.126 e. The van der Waals surface area contributed by atoms with Gasteiger partial charge in [0.1, 0.15) is 11.6 Å². The summed E-state index contributed by atoms with van der Waals surface area (Å²) in [7, 11) is 0. The first-order valence-electron chi connectivity index (χ1n) is 8.43. The van der Waals surface area contributed by atoms with Crippen molar-refractivity contribution in [3.05, 3.63) is 120 Å². The zero-order chi connectivity index (χ0) is 18.4. The molecule has 3 heteroatoms. The van der Waals surface area contributed by atoms with Crippen molar-refractivity contribution < 1.29 is 8.78 Å². The van der Waals surface area contributed by atoms with E-state index in [0.717, 1.165) is 22.9 Å². The van der Waals surface area contributed by atoms with E-state index in [4.69, 9.17) is 4.99 Å². The number of aliphatic imine (C=N–C) groups is 1. The zero-order valence-electron chi connectivity index (χ0n) is 14.3. The third kappa shape index (κ3) is 4.31. The van der Waals surface area contributed by atoms with E-state index in [1.54, 1.807) is 6.08 Å². The van der Waals surface area contributed by atoms with Crippen molar-refractivity contribution in [2.75, 3.05) is 0 Å². The monoisotopic (exact) mass is 347 g/mol. The summed E-state index contributed by atoms with van der Waals surface area (Å²) in [6.45, 7) is 3.77. The van der Waals surface area contributed by atoms with Crippen molar-refractivity contribution in [2.45, 2.75) is 12.5 Å². The molecule has 0 spiro atoms. The molecule has 0 fully saturated rings. The van der Waals surface area contributed by atoms with Crippen LogP contribution in [0, 0.1) is 11.6 Å². The first kappa shape index (κ1) is 17.7. The van der Waals surface area contributed by atoms with Crippen LogP contribution >= 0.6 is 0 Å². The highest BCUT2D eigenvalue weighted by Crippen LogP contribution is 2.26. The molecule has 0 saturated carbocycles. The highest BCUT2D eigenvalue weighted by atomic mass is 19.1. The molecular formula is C23H19F2N. The molecule has 0 N–H and O–H groups in total. The van der Waals surface area contributed by atoms with Crippen LogP contribution in [0.25, 0.3) is 0 Å². The van der Waals surface area contributed by atoms with Gasteiger partial charge in [-0.05, 0) is 24.1 Å². The van der Waals surface area contributed by atoms with E-state index in [1.807, 2.05) is 60.7 Å². The maximum Gasteiger partial charge on any atom is 0.126 e. The van der Waals surface area contributed by atoms with Gasteiger partial charge in [-0.15, -0.1) is 6.58 Å². The van der Waals surface area contributed by atoms with Gasteiger partial charge in [0.15, 0.2) is 0 Å². The minimum absolute atomic E-state index is 0.423. The Morgan fingerprint density at radius 1 is 0.846 bits per heavy atom. The van der Waals surface area contributed by atoms with Gasteiger partial charge in [0, 0.05) is 17.2 Å². The lowest BCUT2D eigenvalue weighted by Crippen LogP contribution is -2.07. The standard InChI is InChI=1S/C23H19F2N/c1-2-9-22(19-14-20(24)16-21(25)15-19)26-23(17-10-5-3-6-11-17)18-12-7-4-8-13-18/h2-8,10-16,22H,1,9H2/t22-/m1/s1. The van der Waals surface area contributed by atoms with Gasteiger partial charge < -0.3 is 0 Å². The van der Waals surface area contributed by atoms with E-state index in [1.165, 1.54) is 12.1 Å². The van der Waals surface area contributed by atoms with Crippen molar-refractivity contribution in [3.63, 3.8) is 0 Å². The van der Waals surface area contributed by atoms with Gasteiger partial charge in [-0.25, -0.2) is 8.78 Å². The molecule has 1 nitrogen and oxygen atoms in total. The second-order valence-corrected chi connectivity index (χ2v) is 5.95. The molecule has 3 aromatic carbocycles. The first-order chi connectivity index (χ1) is 12.7. The predicted molar refractivity (Wildman–Crippen MR) is 102 cm³/mol. The molecule has 0 bridgehead atoms. The Kier molecular flexibility index (Phi) is 5.69. The summed E-state index contributed by atoms with van der Waals surface area (Å²) in [5.74, 6) is -1.21. The Hall–Kier alpha value is -3.07. The Morgan fingerprint density at radius 2 is 1.35 bits per heavy atom. The van der Waals surface area contributed by atoms with Crippen molar-refractivity contribution in [1.29, 1.82) is 0 Å². The molecule has 0 heterocycles. The van der Waals surface area contributed by atoms with Crippen LogP contribution < -0.4 is 0 Å². The molecule has 1 atom stereocenters. The van der Waals surface area contributed by atoms with E-state index in [-0.39, 0.29) is 0 Å². The number of halogens is 2. The maximum atomic E-state index is 13.7. The molecule has 0 saturated heterocycles. The molecular weight excluding hydrogens is 328 g/mol. The molecule has 0 radical (unpaired) electrons. The summed E-state index contributed by atoms with van der Waals surface area (Å²) >= 11 is 0. The van der Waals surface area contributed by atoms with Gasteiger partial charge in [-0.1, -0.05) is 66.7 Å². The van der Waals surface area contributed by atoms with Gasteiger partial charge in [-0.2, -0.15) is 0 Å². The van der Waals surface area contributed by atoms with Crippen LogP contribution in [0.2, 0.25) is 0 Å². The van der Waals surface area contributed by atoms with Gasteiger partial charge in [-0.3, -0.25) is 4.99 Å². The van der Waals surface area contributed by atoms with Crippen LogP contribution in [-0.4, -0.2) is 5.71 Å². The largest absolute Gasteiger partial charge is 0.276 e. The van der Waals surface area contributed by atoms with Crippen LogP contribution in [0.3, 0.4) is 0 Å². The normalized spacial score (nSPS) is 11.6. The van der Waals surface area contributed by atoms with E-state index in [2.05, 4.69) is 6.58 Å². The van der Waals surface area contributed by atoms with Crippen LogP contribution in [0.4, 0.5) is 8.78 Å². The molecule has 26 heavy (non-hydrogen) atoms. The second kappa shape index (κ2) is 8.34. The van der Waals surface area contributed by atoms with Gasteiger partial charge >= 0.3 is 0 Å². The maximum absolute atomic E-state index is 13.7. The molecule has 0 aliphatic heterocycles. The third-order valence-corrected chi connectivity index (χ3v) is 4.04. The Bertz CT molecular complexity index is 840. The summed E-state index contributed by atoms with van der Waals surface area (Å²) in [6.07, 6.45) is 2.19. The molecule has 3 rings (SSSR count). The van der Waals surface area contributed by atoms with Crippen LogP contribution in [0.5, 0.6) is 0 Å². The van der Waals surface area contributed by atoms with Gasteiger partial charge in [0.25, 0.3) is 0 Å². The summed E-state index contributed by atoms with van der Waals surface area (Å²) in [4.78, 5) is 4.87. The number of rotatable bonds is 6. The molecule has 0 aliphatic rings. The Balaban J connectivity index is 2.13. The lowest BCUT2D eigenvalue weighted by Gasteiger charge is -2.15. The number of hydrogen-bond acceptors (Lipinski definition) is 1. The summed E-state index contributed by atoms with van der Waals surface area (Å²) in [6, 6.07) is 22.7. The average Bonchev–Trinajstić information content (AvgIpc) is 2.66. The zero-order valence-corrected chi connectivity index (χ0v) is 14.3. The van der Waals surface area contributed by atoms with Crippen LogP contribution in [-0.2, 0) is 0 Å². The van der Waals surface area contributed by atoms with E-state index in [9.17, 15) is 8.78 Å². The highest BCUT2D eigenvalue weighted by molar-refractivity contribution is 6.13. The highest BCUT2D eigenvalue weighted by Gasteiger charge is 2.15. The molecule has 0 aliphatic carbocycles. The SMILES string of the molecule is C=CC[C@@H](N=C(c1ccccc1)c1ccccc1)c1cc(F)cc(F)c1.